The summed E-state index contributed by atoms with van der Waals surface area (Å²) in [6, 6.07) is -0.273. The van der Waals surface area contributed by atoms with Crippen LogP contribution in [-0.2, 0) is 14.3 Å². The molecule has 1 aliphatic heterocycles. The lowest BCUT2D eigenvalue weighted by Crippen LogP contribution is -2.58. The van der Waals surface area contributed by atoms with Crippen molar-refractivity contribution in [2.45, 2.75) is 37.8 Å². The van der Waals surface area contributed by atoms with Crippen molar-refractivity contribution >= 4 is 11.9 Å². The molecule has 4 N–H and O–H groups in total. The van der Waals surface area contributed by atoms with Gasteiger partial charge in [-0.1, -0.05) is 0 Å². The molecule has 0 aliphatic carbocycles. The van der Waals surface area contributed by atoms with Crippen molar-refractivity contribution in [2.24, 2.45) is 5.73 Å². The Bertz CT molecular complexity index is 272. The molecule has 92 valence electrons. The number of hydrogen-bond acceptors (Lipinski definition) is 4. The number of aliphatic carboxylic acids is 1. The average Bonchev–Trinajstić information content (AvgIpc) is 2.17. The molecule has 0 radical (unpaired) electrons. The molecule has 1 unspecified atom stereocenters. The summed E-state index contributed by atoms with van der Waals surface area (Å²) in [6.45, 7) is 2.41. The van der Waals surface area contributed by atoms with Crippen LogP contribution in [0.15, 0.2) is 0 Å². The van der Waals surface area contributed by atoms with Gasteiger partial charge in [0.1, 0.15) is 5.54 Å². The first-order valence-corrected chi connectivity index (χ1v) is 5.34. The fourth-order valence-corrected chi connectivity index (χ4v) is 1.72. The minimum atomic E-state index is -1.18. The van der Waals surface area contributed by atoms with E-state index in [1.807, 2.05) is 0 Å². The van der Waals surface area contributed by atoms with E-state index >= 15 is 0 Å². The largest absolute Gasteiger partial charge is 0.480 e. The molecule has 16 heavy (non-hydrogen) atoms. The van der Waals surface area contributed by atoms with Crippen molar-refractivity contribution in [1.82, 2.24) is 5.32 Å². The fraction of sp³-hybridized carbons (Fsp3) is 0.800. The Balaban J connectivity index is 2.64. The highest BCUT2D eigenvalue weighted by Gasteiger charge is 2.41. The van der Waals surface area contributed by atoms with Gasteiger partial charge >= 0.3 is 5.97 Å². The minimum absolute atomic E-state index is 0.135. The molecule has 6 heteroatoms. The van der Waals surface area contributed by atoms with E-state index in [2.05, 4.69) is 5.32 Å². The summed E-state index contributed by atoms with van der Waals surface area (Å²) in [5, 5.41) is 11.7. The summed E-state index contributed by atoms with van der Waals surface area (Å²) in [5.74, 6) is -1.33. The number of hydrogen-bond donors (Lipinski definition) is 3. The summed E-state index contributed by atoms with van der Waals surface area (Å²) in [6.07, 6.45) is 0.732. The zero-order valence-corrected chi connectivity index (χ0v) is 9.36. The predicted molar refractivity (Wildman–Crippen MR) is 56.8 cm³/mol. The van der Waals surface area contributed by atoms with Gasteiger partial charge in [-0.2, -0.15) is 0 Å². The third-order valence-corrected chi connectivity index (χ3v) is 2.64. The van der Waals surface area contributed by atoms with E-state index in [1.165, 1.54) is 0 Å². The zero-order valence-electron chi connectivity index (χ0n) is 9.36. The second-order valence-corrected chi connectivity index (χ2v) is 4.23. The maximum atomic E-state index is 11.5. The van der Waals surface area contributed by atoms with Gasteiger partial charge in [0.2, 0.25) is 5.91 Å². The number of amides is 1. The molecule has 1 saturated heterocycles. The molecule has 1 rings (SSSR count). The van der Waals surface area contributed by atoms with Gasteiger partial charge in [-0.05, 0) is 6.92 Å². The third kappa shape index (κ3) is 3.18. The van der Waals surface area contributed by atoms with Gasteiger partial charge in [-0.25, -0.2) is 4.79 Å². The number of ether oxygens (including phenoxy) is 1. The van der Waals surface area contributed by atoms with Crippen molar-refractivity contribution in [3.63, 3.8) is 0 Å². The standard InChI is InChI=1S/C10H18N2O4/c1-7(11)6-8(13)12-10(9(14)15)2-4-16-5-3-10/h7H,2-6,11H2,1H3,(H,12,13)(H,14,15). The first-order valence-electron chi connectivity index (χ1n) is 5.34. The summed E-state index contributed by atoms with van der Waals surface area (Å²) in [5.41, 5.74) is 4.31. The molecule has 1 heterocycles. The topological polar surface area (TPSA) is 102 Å². The second kappa shape index (κ2) is 5.27. The van der Waals surface area contributed by atoms with Crippen molar-refractivity contribution in [2.75, 3.05) is 13.2 Å². The number of nitrogens with one attached hydrogen (secondary N) is 1. The van der Waals surface area contributed by atoms with E-state index < -0.39 is 11.5 Å². The third-order valence-electron chi connectivity index (χ3n) is 2.64. The minimum Gasteiger partial charge on any atom is -0.480 e. The van der Waals surface area contributed by atoms with Gasteiger partial charge in [-0.15, -0.1) is 0 Å². The van der Waals surface area contributed by atoms with Gasteiger partial charge in [0.05, 0.1) is 0 Å². The number of rotatable bonds is 4. The molecule has 0 saturated carbocycles. The van der Waals surface area contributed by atoms with Crippen molar-refractivity contribution < 1.29 is 19.4 Å². The van der Waals surface area contributed by atoms with Crippen LogP contribution in [0.5, 0.6) is 0 Å². The number of carbonyl (C=O) groups is 2. The molecule has 1 fully saturated rings. The summed E-state index contributed by atoms with van der Waals surface area (Å²) in [7, 11) is 0. The van der Waals surface area contributed by atoms with E-state index in [9.17, 15) is 14.7 Å². The van der Waals surface area contributed by atoms with Gasteiger partial charge in [0, 0.05) is 38.5 Å². The van der Waals surface area contributed by atoms with E-state index in [1.54, 1.807) is 6.92 Å². The lowest BCUT2D eigenvalue weighted by molar-refractivity contribution is -0.152. The number of carboxylic acid groups (broad SMARTS) is 1. The van der Waals surface area contributed by atoms with Crippen LogP contribution < -0.4 is 11.1 Å². The van der Waals surface area contributed by atoms with E-state index in [0.29, 0.717) is 26.1 Å². The van der Waals surface area contributed by atoms with Gasteiger partial charge in [-0.3, -0.25) is 4.79 Å². The van der Waals surface area contributed by atoms with E-state index in [0.717, 1.165) is 0 Å². The Hall–Kier alpha value is -1.14. The van der Waals surface area contributed by atoms with Crippen molar-refractivity contribution in [1.29, 1.82) is 0 Å². The van der Waals surface area contributed by atoms with E-state index in [4.69, 9.17) is 10.5 Å². The fourth-order valence-electron chi connectivity index (χ4n) is 1.72. The monoisotopic (exact) mass is 230 g/mol. The SMILES string of the molecule is CC(N)CC(=O)NC1(C(=O)O)CCOCC1. The molecule has 1 atom stereocenters. The normalized spacial score (nSPS) is 21.1. The Morgan fingerprint density at radius 2 is 2.06 bits per heavy atom. The molecular formula is C10H18N2O4. The van der Waals surface area contributed by atoms with E-state index in [-0.39, 0.29) is 18.4 Å². The maximum absolute atomic E-state index is 11.5. The predicted octanol–water partition coefficient (Wildman–Crippen LogP) is -0.526. The lowest BCUT2D eigenvalue weighted by atomic mass is 9.90. The number of carboxylic acids is 1. The molecule has 1 amide bonds. The van der Waals surface area contributed by atoms with Gasteiger partial charge < -0.3 is 20.9 Å². The highest BCUT2D eigenvalue weighted by molar-refractivity contribution is 5.87. The molecule has 6 nitrogen and oxygen atoms in total. The summed E-state index contributed by atoms with van der Waals surface area (Å²) < 4.78 is 5.10. The quantitative estimate of drug-likeness (QED) is 0.603. The first-order chi connectivity index (χ1) is 7.46. The van der Waals surface area contributed by atoms with Crippen LogP contribution in [0, 0.1) is 0 Å². The molecule has 0 aromatic carbocycles. The molecule has 0 aromatic heterocycles. The maximum Gasteiger partial charge on any atom is 0.329 e. The average molecular weight is 230 g/mol. The highest BCUT2D eigenvalue weighted by atomic mass is 16.5. The second-order valence-electron chi connectivity index (χ2n) is 4.23. The Morgan fingerprint density at radius 1 is 1.50 bits per heavy atom. The summed E-state index contributed by atoms with van der Waals surface area (Å²) >= 11 is 0. The number of nitrogens with two attached hydrogens (primary N) is 1. The molecule has 0 spiro atoms. The van der Waals surface area contributed by atoms with Crippen LogP contribution in [0.2, 0.25) is 0 Å². The smallest absolute Gasteiger partial charge is 0.329 e. The van der Waals surface area contributed by atoms with Crippen LogP contribution in [0.1, 0.15) is 26.2 Å². The molecule has 1 aliphatic rings. The van der Waals surface area contributed by atoms with Crippen LogP contribution in [-0.4, -0.2) is 41.8 Å². The van der Waals surface area contributed by atoms with Gasteiger partial charge in [0.15, 0.2) is 0 Å². The van der Waals surface area contributed by atoms with Gasteiger partial charge in [0.25, 0.3) is 0 Å². The van der Waals surface area contributed by atoms with Crippen LogP contribution in [0.4, 0.5) is 0 Å². The summed E-state index contributed by atoms with van der Waals surface area (Å²) in [4.78, 5) is 22.7. The Kier molecular flexibility index (Phi) is 4.26. The molecule has 0 bridgehead atoms. The highest BCUT2D eigenvalue weighted by Crippen LogP contribution is 2.21. The van der Waals surface area contributed by atoms with Crippen molar-refractivity contribution in [3.05, 3.63) is 0 Å². The van der Waals surface area contributed by atoms with Crippen LogP contribution in [0.3, 0.4) is 0 Å². The number of carbonyl (C=O) groups excluding carboxylic acids is 1. The molecular weight excluding hydrogens is 212 g/mol. The first kappa shape index (κ1) is 12.9. The lowest BCUT2D eigenvalue weighted by Gasteiger charge is -2.34. The molecule has 0 aromatic rings. The van der Waals surface area contributed by atoms with Crippen molar-refractivity contribution in [3.8, 4) is 0 Å². The Morgan fingerprint density at radius 3 is 2.50 bits per heavy atom. The van der Waals surface area contributed by atoms with Crippen LogP contribution >= 0.6 is 0 Å². The zero-order chi connectivity index (χ0) is 12.2. The van der Waals surface area contributed by atoms with Crippen LogP contribution in [0.25, 0.3) is 0 Å². The Labute approximate surface area is 94.1 Å².